The first-order valence-electron chi connectivity index (χ1n) is 48.3. The van der Waals surface area contributed by atoms with Crippen molar-refractivity contribution in [2.75, 3.05) is 190 Å². The van der Waals surface area contributed by atoms with Crippen molar-refractivity contribution >= 4 is 76.3 Å². The number of fused-ring (bicyclic) bond motifs is 2. The number of aliphatic hydroxyl groups is 9. The van der Waals surface area contributed by atoms with E-state index in [0.29, 0.717) is 70.8 Å². The van der Waals surface area contributed by atoms with Gasteiger partial charge in [0.15, 0.2) is 18.9 Å². The molecule has 140 heavy (non-hydrogen) atoms. The first kappa shape index (κ1) is 120. The lowest BCUT2D eigenvalue weighted by atomic mass is 9.84. The third kappa shape index (κ3) is 47.6. The van der Waals surface area contributed by atoms with Crippen LogP contribution in [0.4, 0.5) is 5.69 Å². The van der Waals surface area contributed by atoms with Gasteiger partial charge in [0.2, 0.25) is 59.1 Å². The Hall–Kier alpha value is -8.88. The molecule has 4 aliphatic heterocycles. The van der Waals surface area contributed by atoms with E-state index < -0.39 is 135 Å². The molecule has 18 N–H and O–H groups in total. The van der Waals surface area contributed by atoms with E-state index in [1.54, 1.807) is 4.90 Å². The summed E-state index contributed by atoms with van der Waals surface area (Å²) in [6.07, 6.45) is -11.6. The lowest BCUT2D eigenvalue weighted by molar-refractivity contribution is -0.270. The van der Waals surface area contributed by atoms with Gasteiger partial charge in [-0.2, -0.15) is 0 Å². The number of unbranched alkanes of at least 4 members (excludes halogenated alkanes) is 3. The highest BCUT2D eigenvalue weighted by molar-refractivity contribution is 5.95. The van der Waals surface area contributed by atoms with Crippen LogP contribution in [0.1, 0.15) is 172 Å². The molecule has 45 heteroatoms. The fraction of sp³-hybridized carbons (Fsp3) is 0.726. The molecule has 0 saturated carbocycles. The number of hydrogen-bond donors (Lipinski definition) is 18. The Morgan fingerprint density at radius 1 is 0.343 bits per heavy atom. The number of rotatable bonds is 75. The Morgan fingerprint density at radius 3 is 1.01 bits per heavy atom. The number of Topliss-reactive ketones (excluding diaryl/α,β-unsaturated/α-hetero) is 2. The van der Waals surface area contributed by atoms with Gasteiger partial charge in [-0.25, -0.2) is 0 Å². The van der Waals surface area contributed by atoms with Crippen molar-refractivity contribution in [2.24, 2.45) is 5.41 Å². The molecule has 2 aromatic rings. The van der Waals surface area contributed by atoms with Crippen LogP contribution in [0.25, 0.3) is 0 Å². The zero-order valence-corrected chi connectivity index (χ0v) is 80.7. The molecule has 0 spiro atoms. The van der Waals surface area contributed by atoms with Crippen molar-refractivity contribution in [2.45, 2.75) is 254 Å². The monoisotopic (exact) mass is 1990 g/mol. The Bertz CT molecular complexity index is 3830. The van der Waals surface area contributed by atoms with Crippen molar-refractivity contribution in [1.82, 2.24) is 47.9 Å². The molecule has 6 rings (SSSR count). The van der Waals surface area contributed by atoms with Gasteiger partial charge in [0, 0.05) is 167 Å². The molecule has 10 amide bonds. The summed E-state index contributed by atoms with van der Waals surface area (Å²) in [5.74, 6) is 2.58. The minimum Gasteiger partial charge on any atom is -0.394 e. The number of amides is 10. The maximum absolute atomic E-state index is 14.1. The summed E-state index contributed by atoms with van der Waals surface area (Å²) in [6.45, 7) is 4.77. The predicted octanol–water partition coefficient (Wildman–Crippen LogP) is -3.04. The number of benzene rings is 2. The van der Waals surface area contributed by atoms with Gasteiger partial charge in [-0.05, 0) is 88.0 Å². The van der Waals surface area contributed by atoms with Gasteiger partial charge in [0.25, 0.3) is 0 Å². The molecule has 4 aliphatic rings. The second-order valence-electron chi connectivity index (χ2n) is 34.4. The van der Waals surface area contributed by atoms with Crippen LogP contribution in [-0.4, -0.2) is 393 Å². The molecule has 4 heterocycles. The molecule has 2 aromatic carbocycles. The predicted molar refractivity (Wildman–Crippen MR) is 498 cm³/mol. The number of anilines is 1. The topological polar surface area (TPSA) is 628 Å². The Morgan fingerprint density at radius 2 is 0.657 bits per heavy atom. The summed E-state index contributed by atoms with van der Waals surface area (Å²) in [4.78, 5) is 155. The van der Waals surface area contributed by atoms with Crippen LogP contribution in [0.15, 0.2) is 48.5 Å². The highest BCUT2D eigenvalue weighted by atomic mass is 16.7. The standard InChI is InChI=1S/C95H150N10O35/c1-64(109)102-83-89(124)86(121)73(58-106)138-92(83)135-40-11-8-23-76(114)96-34-15-37-99-79(117)31-45-132-61-95(62-133-46-32-80(118)100-38-16-35-97-77(115)24-9-12-41-136-93-84(103-65(2)110)90(125)87(122)74(59-107)139-93,63-134-47-33-81(119)101-39-17-36-98-78(116)25-10-13-42-137-94-85(104-66(3)111)91(126)88(123)75(60-108)140-94)56-71(113)30-44-128-49-51-130-53-55-131-54-52-129-50-48-127-43-29-70(112)21-14-26-82(120)105-57-69-20-5-4-18-67(69)27-28-68-19-6-7-22-72(68)105/h4-7,18-20,22,73-75,83-94,106-108,121-126H,8-17,21,23-26,29-63H2,1-3H3,(H,96,114)(H,97,115)(H,98,116)(H,99,117)(H,100,118)(H,101,119)(H,102,109)(H,103,110)(H,104,111)/t73?,74?,75?,83?,84?,85?,86-,87-,88-,89+,90+,91+,92+,93+,94+,95?/m0/s1. The van der Waals surface area contributed by atoms with Crippen molar-refractivity contribution in [3.05, 3.63) is 65.2 Å². The number of carbonyl (C=O) groups is 12. The SMILES string of the molecule is CC(=O)NC1[C@H](OCCCCC(=O)NCCCNC(=O)CCOCC(COCCC(=O)NCCCNC(=O)CCCCO[C@@H]2OC(CO)[C@H](O)[C@H](O)C2NC(C)=O)(COCCC(=O)NCCCNC(=O)CCCCO[C@@H]2OC(CO)[C@H](O)[C@H](O)C2NC(C)=O)CC(=O)CCOCCOCCOCCOCCOCCC(=O)CCCC(=O)N2Cc3ccccc3C#Cc3ccccc32)OC(CO)[C@H](O)[C@@H]1O. The summed E-state index contributed by atoms with van der Waals surface area (Å²) < 4.78 is 80.8. The minimum atomic E-state index is -1.47. The fourth-order valence-corrected chi connectivity index (χ4v) is 15.2. The van der Waals surface area contributed by atoms with Crippen LogP contribution in [0.3, 0.4) is 0 Å². The molecule has 0 aromatic heterocycles. The van der Waals surface area contributed by atoms with E-state index >= 15 is 0 Å². The van der Waals surface area contributed by atoms with Crippen molar-refractivity contribution in [3.63, 3.8) is 0 Å². The number of para-hydroxylation sites is 1. The van der Waals surface area contributed by atoms with E-state index in [1.807, 2.05) is 48.5 Å². The van der Waals surface area contributed by atoms with Gasteiger partial charge in [-0.1, -0.05) is 42.2 Å². The normalized spacial score (nSPS) is 21.9. The van der Waals surface area contributed by atoms with Crippen LogP contribution >= 0.6 is 0 Å². The van der Waals surface area contributed by atoms with E-state index in [-0.39, 0.29) is 288 Å². The van der Waals surface area contributed by atoms with E-state index in [9.17, 15) is 103 Å². The fourth-order valence-electron chi connectivity index (χ4n) is 15.2. The van der Waals surface area contributed by atoms with Crippen LogP contribution in [0.5, 0.6) is 0 Å². The lowest BCUT2D eigenvalue weighted by Crippen LogP contribution is -2.64. The molecule has 790 valence electrons. The second kappa shape index (κ2) is 69.9. The average molecular weight is 1990 g/mol. The highest BCUT2D eigenvalue weighted by Crippen LogP contribution is 2.31. The zero-order chi connectivity index (χ0) is 102. The Balaban J connectivity index is 0.940. The van der Waals surface area contributed by atoms with Gasteiger partial charge in [-0.3, -0.25) is 57.5 Å². The van der Waals surface area contributed by atoms with Gasteiger partial charge in [0.05, 0.1) is 138 Å². The number of nitrogens with one attached hydrogen (secondary N) is 9. The maximum atomic E-state index is 14.1. The van der Waals surface area contributed by atoms with Crippen LogP contribution in [0, 0.1) is 17.3 Å². The Kier molecular flexibility index (Phi) is 59.9. The number of ether oxygens (including phenoxy) is 14. The highest BCUT2D eigenvalue weighted by Gasteiger charge is 2.48. The summed E-state index contributed by atoms with van der Waals surface area (Å²) >= 11 is 0. The molecule has 0 radical (unpaired) electrons. The molecule has 45 nitrogen and oxygen atoms in total. The van der Waals surface area contributed by atoms with Gasteiger partial charge >= 0.3 is 0 Å². The third-order valence-corrected chi connectivity index (χ3v) is 22.8. The van der Waals surface area contributed by atoms with Crippen molar-refractivity contribution < 1.29 is 170 Å². The average Bonchev–Trinajstić information content (AvgIpc) is 0.808. The van der Waals surface area contributed by atoms with Gasteiger partial charge in [-0.15, -0.1) is 0 Å². The number of aliphatic hydroxyl groups excluding tert-OH is 9. The minimum absolute atomic E-state index is 0.00266. The first-order chi connectivity index (χ1) is 67.5. The maximum Gasteiger partial charge on any atom is 0.227 e. The van der Waals surface area contributed by atoms with Crippen LogP contribution in [0.2, 0.25) is 0 Å². The largest absolute Gasteiger partial charge is 0.394 e. The van der Waals surface area contributed by atoms with E-state index in [4.69, 9.17) is 66.3 Å². The number of nitrogens with zero attached hydrogens (tertiary/aromatic N) is 1. The van der Waals surface area contributed by atoms with Gasteiger partial charge < -0.3 is 165 Å². The summed E-state index contributed by atoms with van der Waals surface area (Å²) in [6, 6.07) is 12.0. The lowest BCUT2D eigenvalue weighted by Gasteiger charge is -2.42. The second-order valence-corrected chi connectivity index (χ2v) is 34.4. The van der Waals surface area contributed by atoms with E-state index in [2.05, 4.69) is 59.7 Å². The molecular formula is C95H150N10O35. The summed E-state index contributed by atoms with van der Waals surface area (Å²) in [7, 11) is 0. The molecular weight excluding hydrogens is 1840 g/mol. The molecule has 3 fully saturated rings. The summed E-state index contributed by atoms with van der Waals surface area (Å²) in [5, 5.41) is 116. The number of hydrogen-bond acceptors (Lipinski definition) is 35. The zero-order valence-electron chi connectivity index (χ0n) is 80.7. The van der Waals surface area contributed by atoms with Crippen molar-refractivity contribution in [1.29, 1.82) is 0 Å². The van der Waals surface area contributed by atoms with Gasteiger partial charge in [0.1, 0.15) is 84.6 Å². The third-order valence-electron chi connectivity index (χ3n) is 22.8. The Labute approximate surface area is 816 Å². The van der Waals surface area contributed by atoms with Crippen molar-refractivity contribution in [3.8, 4) is 11.8 Å². The van der Waals surface area contributed by atoms with E-state index in [0.717, 1.165) is 22.4 Å². The molecule has 0 bridgehead atoms. The van der Waals surface area contributed by atoms with Crippen LogP contribution < -0.4 is 52.8 Å². The first-order valence-corrected chi connectivity index (χ1v) is 48.3. The van der Waals surface area contributed by atoms with Crippen LogP contribution in [-0.2, 0) is 130 Å². The number of ketones is 2. The molecule has 0 aliphatic carbocycles. The summed E-state index contributed by atoms with van der Waals surface area (Å²) in [5.41, 5.74) is 2.05. The quantitative estimate of drug-likeness (QED) is 0.0231. The smallest absolute Gasteiger partial charge is 0.227 e. The number of carbonyl (C=O) groups excluding carboxylic acids is 12. The molecule has 6 unspecified atom stereocenters. The molecule has 3 saturated heterocycles. The molecule has 15 atom stereocenters. The van der Waals surface area contributed by atoms with E-state index in [1.165, 1.54) is 20.8 Å².